The van der Waals surface area contributed by atoms with Gasteiger partial charge in [-0.15, -0.1) is 0 Å². The van der Waals surface area contributed by atoms with Crippen LogP contribution >= 0.6 is 17.1 Å². The molecule has 0 aromatic heterocycles. The van der Waals surface area contributed by atoms with Crippen LogP contribution in [0.4, 0.5) is 0 Å². The Kier molecular flexibility index (Phi) is 4.73. The van der Waals surface area contributed by atoms with Crippen LogP contribution in [-0.4, -0.2) is 64.0 Å². The lowest BCUT2D eigenvalue weighted by molar-refractivity contribution is -0.0624. The number of nitrogens with zero attached hydrogens (tertiary/aromatic N) is 2. The first-order chi connectivity index (χ1) is 8.02. The summed E-state index contributed by atoms with van der Waals surface area (Å²) < 4.78 is 26.9. The predicted octanol–water partition coefficient (Wildman–Crippen LogP) is 1.64. The van der Waals surface area contributed by atoms with E-state index in [4.69, 9.17) is 18.1 Å². The summed E-state index contributed by atoms with van der Waals surface area (Å²) in [7, 11) is 6.07. The Bertz CT molecular complexity index is 222. The Morgan fingerprint density at radius 2 is 1.00 bits per heavy atom. The van der Waals surface area contributed by atoms with Gasteiger partial charge in [0.2, 0.25) is 0 Å². The fraction of sp³-hybridized carbons (Fsp3) is 1.00. The molecule has 2 heterocycles. The van der Waals surface area contributed by atoms with Crippen molar-refractivity contribution in [3.8, 4) is 0 Å². The lowest BCUT2D eigenvalue weighted by Gasteiger charge is -2.44. The Morgan fingerprint density at radius 1 is 0.706 bits per heavy atom. The molecule has 2 rings (SSSR count). The molecule has 2 saturated heterocycles. The molecule has 0 saturated carbocycles. The van der Waals surface area contributed by atoms with E-state index in [9.17, 15) is 0 Å². The molecular formula is C9H20N2O4P2. The second kappa shape index (κ2) is 5.72. The van der Waals surface area contributed by atoms with Crippen molar-refractivity contribution >= 4 is 17.1 Å². The zero-order valence-electron chi connectivity index (χ0n) is 10.8. The third-order valence-electron chi connectivity index (χ3n) is 2.58. The standard InChI is InChI=1S/C9H20N2O4P2/c1-10(2)16-12-5-9(6-13-16)7-14-17(11(3)4)15-8-9/h5-8H2,1-4H3. The molecule has 0 aromatic rings. The molecule has 100 valence electrons. The van der Waals surface area contributed by atoms with Crippen molar-refractivity contribution < 1.29 is 18.1 Å². The summed E-state index contributed by atoms with van der Waals surface area (Å²) >= 11 is 0. The summed E-state index contributed by atoms with van der Waals surface area (Å²) in [6.07, 6.45) is 0. The van der Waals surface area contributed by atoms with Crippen molar-refractivity contribution in [2.24, 2.45) is 5.41 Å². The predicted molar refractivity (Wildman–Crippen MR) is 67.5 cm³/mol. The summed E-state index contributed by atoms with van der Waals surface area (Å²) in [5.41, 5.74) is -0.121. The second-order valence-corrected chi connectivity index (χ2v) is 8.35. The molecule has 0 bridgehead atoms. The molecule has 0 radical (unpaired) electrons. The Labute approximate surface area is 105 Å². The van der Waals surface area contributed by atoms with Crippen LogP contribution < -0.4 is 0 Å². The first kappa shape index (κ1) is 14.0. The van der Waals surface area contributed by atoms with Crippen molar-refractivity contribution in [1.82, 2.24) is 9.34 Å². The summed E-state index contributed by atoms with van der Waals surface area (Å²) in [6.45, 7) is 2.59. The smallest absolute Gasteiger partial charge is 0.258 e. The highest BCUT2D eigenvalue weighted by Crippen LogP contribution is 2.53. The minimum atomic E-state index is -0.888. The average Bonchev–Trinajstić information content (AvgIpc) is 2.30. The van der Waals surface area contributed by atoms with E-state index >= 15 is 0 Å². The SMILES string of the molecule is CN(C)P1OCC2(CO1)COP(N(C)C)OC2. The van der Waals surface area contributed by atoms with Crippen molar-refractivity contribution in [1.29, 1.82) is 0 Å². The largest absolute Gasteiger partial charge is 0.321 e. The number of hydrogen-bond donors (Lipinski definition) is 0. The maximum Gasteiger partial charge on any atom is 0.258 e. The lowest BCUT2D eigenvalue weighted by Crippen LogP contribution is -2.46. The zero-order valence-corrected chi connectivity index (χ0v) is 12.5. The van der Waals surface area contributed by atoms with Gasteiger partial charge in [-0.3, -0.25) is 0 Å². The van der Waals surface area contributed by atoms with E-state index in [0.29, 0.717) is 26.4 Å². The topological polar surface area (TPSA) is 43.4 Å². The van der Waals surface area contributed by atoms with Crippen LogP contribution in [0.15, 0.2) is 0 Å². The van der Waals surface area contributed by atoms with Gasteiger partial charge < -0.3 is 18.1 Å². The summed E-state index contributed by atoms with van der Waals surface area (Å²) in [6, 6.07) is 0. The van der Waals surface area contributed by atoms with E-state index in [1.54, 1.807) is 0 Å². The van der Waals surface area contributed by atoms with Crippen LogP contribution in [0, 0.1) is 5.41 Å². The zero-order chi connectivity index (χ0) is 12.5. The van der Waals surface area contributed by atoms with Crippen molar-refractivity contribution in [3.63, 3.8) is 0 Å². The maximum atomic E-state index is 5.73. The molecule has 6 nitrogen and oxygen atoms in total. The second-order valence-electron chi connectivity index (χ2n) is 4.76. The van der Waals surface area contributed by atoms with Gasteiger partial charge in [0, 0.05) is 0 Å². The van der Waals surface area contributed by atoms with Crippen molar-refractivity contribution in [3.05, 3.63) is 0 Å². The molecule has 1 spiro atoms. The third kappa shape index (κ3) is 3.34. The van der Waals surface area contributed by atoms with E-state index in [1.807, 2.05) is 37.5 Å². The molecular weight excluding hydrogens is 262 g/mol. The molecule has 17 heavy (non-hydrogen) atoms. The molecule has 0 aliphatic carbocycles. The monoisotopic (exact) mass is 282 g/mol. The summed E-state index contributed by atoms with van der Waals surface area (Å²) in [5, 5.41) is 0. The molecule has 0 atom stereocenters. The lowest BCUT2D eigenvalue weighted by atomic mass is 9.93. The molecule has 2 fully saturated rings. The number of rotatable bonds is 2. The van der Waals surface area contributed by atoms with E-state index < -0.39 is 17.1 Å². The summed E-state index contributed by atoms with van der Waals surface area (Å²) in [5.74, 6) is 0. The third-order valence-corrected chi connectivity index (χ3v) is 5.28. The van der Waals surface area contributed by atoms with Crippen molar-refractivity contribution in [2.75, 3.05) is 54.6 Å². The van der Waals surface area contributed by atoms with Crippen molar-refractivity contribution in [2.45, 2.75) is 0 Å². The van der Waals surface area contributed by atoms with Gasteiger partial charge in [-0.05, 0) is 28.2 Å². The van der Waals surface area contributed by atoms with Crippen LogP contribution in [0.3, 0.4) is 0 Å². The van der Waals surface area contributed by atoms with Gasteiger partial charge in [-0.25, -0.2) is 9.34 Å². The van der Waals surface area contributed by atoms with Gasteiger partial charge in [-0.2, -0.15) is 0 Å². The van der Waals surface area contributed by atoms with E-state index in [1.165, 1.54) is 0 Å². The van der Waals surface area contributed by atoms with E-state index in [2.05, 4.69) is 0 Å². The normalized spacial score (nSPS) is 39.2. The van der Waals surface area contributed by atoms with Gasteiger partial charge in [0.1, 0.15) is 0 Å². The minimum absolute atomic E-state index is 0.121. The highest BCUT2D eigenvalue weighted by Gasteiger charge is 2.43. The van der Waals surface area contributed by atoms with Gasteiger partial charge in [-0.1, -0.05) is 0 Å². The van der Waals surface area contributed by atoms with Crippen LogP contribution in [-0.2, 0) is 18.1 Å². The van der Waals surface area contributed by atoms with Gasteiger partial charge in [0.15, 0.2) is 0 Å². The Morgan fingerprint density at radius 3 is 1.24 bits per heavy atom. The molecule has 0 N–H and O–H groups in total. The Balaban J connectivity index is 1.84. The fourth-order valence-corrected chi connectivity index (χ4v) is 4.17. The van der Waals surface area contributed by atoms with Gasteiger partial charge in [0.05, 0.1) is 31.8 Å². The van der Waals surface area contributed by atoms with Crippen LogP contribution in [0.2, 0.25) is 0 Å². The molecule has 0 amide bonds. The fourth-order valence-electron chi connectivity index (χ4n) is 1.56. The first-order valence-corrected chi connectivity index (χ1v) is 7.75. The first-order valence-electron chi connectivity index (χ1n) is 5.49. The molecule has 0 aromatic carbocycles. The average molecular weight is 282 g/mol. The van der Waals surface area contributed by atoms with E-state index in [0.717, 1.165) is 0 Å². The highest BCUT2D eigenvalue weighted by molar-refractivity contribution is 7.44. The van der Waals surface area contributed by atoms with Gasteiger partial charge in [0.25, 0.3) is 17.1 Å². The molecule has 0 unspecified atom stereocenters. The molecule has 2 aliphatic rings. The number of hydrogen-bond acceptors (Lipinski definition) is 6. The highest BCUT2D eigenvalue weighted by atomic mass is 31.2. The minimum Gasteiger partial charge on any atom is -0.321 e. The molecule has 2 aliphatic heterocycles. The summed E-state index contributed by atoms with van der Waals surface area (Å²) in [4.78, 5) is 0. The van der Waals surface area contributed by atoms with Crippen LogP contribution in [0.25, 0.3) is 0 Å². The maximum absolute atomic E-state index is 5.73. The van der Waals surface area contributed by atoms with Crippen LogP contribution in [0.1, 0.15) is 0 Å². The Hall–Kier alpha value is 0.620. The molecule has 8 heteroatoms. The van der Waals surface area contributed by atoms with Gasteiger partial charge >= 0.3 is 0 Å². The van der Waals surface area contributed by atoms with Crippen LogP contribution in [0.5, 0.6) is 0 Å². The van der Waals surface area contributed by atoms with E-state index in [-0.39, 0.29) is 5.41 Å². The quantitative estimate of drug-likeness (QED) is 0.717.